The van der Waals surface area contributed by atoms with E-state index in [9.17, 15) is 19.7 Å². The third-order valence-electron chi connectivity index (χ3n) is 4.20. The Hall–Kier alpha value is -3.60. The number of ketones is 1. The molecule has 3 rings (SSSR count). The number of rotatable bonds is 7. The van der Waals surface area contributed by atoms with Crippen LogP contribution in [0.4, 0.5) is 5.69 Å². The molecule has 1 heterocycles. The predicted molar refractivity (Wildman–Crippen MR) is 107 cm³/mol. The van der Waals surface area contributed by atoms with E-state index in [0.29, 0.717) is 15.6 Å². The molecule has 0 bridgehead atoms. The van der Waals surface area contributed by atoms with E-state index in [4.69, 9.17) is 4.74 Å². The fraction of sp³-hybridized carbons (Fsp3) is 0.211. The molecule has 11 heteroatoms. The number of carbonyl (C=O) groups excluding carboxylic acids is 2. The minimum Gasteiger partial charge on any atom is -0.454 e. The first-order valence-corrected chi connectivity index (χ1v) is 9.54. The summed E-state index contributed by atoms with van der Waals surface area (Å²) in [7, 11) is 1.62. The lowest BCUT2D eigenvalue weighted by atomic mass is 10.0. The second-order valence-corrected chi connectivity index (χ2v) is 7.45. The fourth-order valence-corrected chi connectivity index (χ4v) is 3.44. The molecule has 30 heavy (non-hydrogen) atoms. The van der Waals surface area contributed by atoms with Crippen molar-refractivity contribution in [3.63, 3.8) is 0 Å². The molecule has 0 amide bonds. The first-order valence-electron chi connectivity index (χ1n) is 8.72. The van der Waals surface area contributed by atoms with Crippen molar-refractivity contribution in [1.82, 2.24) is 20.2 Å². The number of Topliss-reactive ketones (excluding diaryl/α,β-unsaturated/α-hetero) is 1. The summed E-state index contributed by atoms with van der Waals surface area (Å²) in [5, 5.41) is 22.6. The van der Waals surface area contributed by atoms with E-state index < -0.39 is 17.5 Å². The van der Waals surface area contributed by atoms with Crippen molar-refractivity contribution in [2.45, 2.75) is 23.9 Å². The number of hydrogen-bond acceptors (Lipinski definition) is 9. The molecule has 0 aliphatic carbocycles. The minimum atomic E-state index is -0.852. The number of ether oxygens (including phenoxy) is 1. The Kier molecular flexibility index (Phi) is 6.21. The molecular weight excluding hydrogens is 410 g/mol. The van der Waals surface area contributed by atoms with Gasteiger partial charge < -0.3 is 4.74 Å². The van der Waals surface area contributed by atoms with Crippen LogP contribution in [-0.4, -0.2) is 43.5 Å². The molecule has 3 aromatic rings. The van der Waals surface area contributed by atoms with Gasteiger partial charge in [-0.2, -0.15) is 0 Å². The fourth-order valence-electron chi connectivity index (χ4n) is 2.61. The Balaban J connectivity index is 1.83. The molecule has 0 atom stereocenters. The van der Waals surface area contributed by atoms with Gasteiger partial charge in [-0.1, -0.05) is 17.7 Å². The molecule has 154 valence electrons. The van der Waals surface area contributed by atoms with E-state index in [-0.39, 0.29) is 17.0 Å². The molecule has 0 fully saturated rings. The van der Waals surface area contributed by atoms with Gasteiger partial charge in [-0.25, -0.2) is 9.48 Å². The zero-order valence-electron chi connectivity index (χ0n) is 16.4. The normalized spacial score (nSPS) is 10.6. The van der Waals surface area contributed by atoms with Crippen LogP contribution < -0.4 is 0 Å². The van der Waals surface area contributed by atoms with Crippen LogP contribution in [0.5, 0.6) is 0 Å². The SMILES string of the molecule is Cc1ccc(C)c(C(=O)COC(=O)c2cc([N+](=O)[O-])ccc2Sc2nnnn2C)c1. The highest BCUT2D eigenvalue weighted by atomic mass is 32.2. The number of carbonyl (C=O) groups is 2. The van der Waals surface area contributed by atoms with Gasteiger partial charge in [0.15, 0.2) is 6.61 Å². The van der Waals surface area contributed by atoms with E-state index in [2.05, 4.69) is 15.5 Å². The van der Waals surface area contributed by atoms with Crippen molar-refractivity contribution in [2.75, 3.05) is 6.61 Å². The summed E-state index contributed by atoms with van der Waals surface area (Å²) in [4.78, 5) is 36.1. The zero-order chi connectivity index (χ0) is 21.8. The highest BCUT2D eigenvalue weighted by molar-refractivity contribution is 7.99. The van der Waals surface area contributed by atoms with Gasteiger partial charge in [-0.15, -0.1) is 5.10 Å². The summed E-state index contributed by atoms with van der Waals surface area (Å²) >= 11 is 1.05. The predicted octanol–water partition coefficient (Wildman–Crippen LogP) is 2.93. The smallest absolute Gasteiger partial charge is 0.339 e. The quantitative estimate of drug-likeness (QED) is 0.242. The van der Waals surface area contributed by atoms with E-state index in [1.807, 2.05) is 19.1 Å². The van der Waals surface area contributed by atoms with Crippen molar-refractivity contribution >= 4 is 29.2 Å². The van der Waals surface area contributed by atoms with Crippen LogP contribution in [0.2, 0.25) is 0 Å². The van der Waals surface area contributed by atoms with Crippen molar-refractivity contribution < 1.29 is 19.2 Å². The highest BCUT2D eigenvalue weighted by Gasteiger charge is 2.21. The summed E-state index contributed by atoms with van der Waals surface area (Å²) < 4.78 is 6.58. The summed E-state index contributed by atoms with van der Waals surface area (Å²) in [6.07, 6.45) is 0. The monoisotopic (exact) mass is 427 g/mol. The second kappa shape index (κ2) is 8.82. The number of nitro benzene ring substituents is 1. The van der Waals surface area contributed by atoms with Crippen molar-refractivity contribution in [1.29, 1.82) is 0 Å². The molecule has 0 aliphatic rings. The van der Waals surface area contributed by atoms with Crippen LogP contribution in [0.15, 0.2) is 46.5 Å². The van der Waals surface area contributed by atoms with Crippen LogP contribution in [-0.2, 0) is 11.8 Å². The highest BCUT2D eigenvalue weighted by Crippen LogP contribution is 2.31. The Morgan fingerprint density at radius 1 is 1.17 bits per heavy atom. The topological polar surface area (TPSA) is 130 Å². The van der Waals surface area contributed by atoms with Crippen LogP contribution >= 0.6 is 11.8 Å². The number of nitro groups is 1. The van der Waals surface area contributed by atoms with Gasteiger partial charge in [0.05, 0.1) is 10.5 Å². The van der Waals surface area contributed by atoms with Gasteiger partial charge in [0.1, 0.15) is 0 Å². The van der Waals surface area contributed by atoms with Gasteiger partial charge in [0.25, 0.3) is 5.69 Å². The molecule has 0 radical (unpaired) electrons. The van der Waals surface area contributed by atoms with Crippen molar-refractivity contribution in [3.8, 4) is 0 Å². The molecule has 0 N–H and O–H groups in total. The van der Waals surface area contributed by atoms with Crippen LogP contribution in [0.3, 0.4) is 0 Å². The molecule has 2 aromatic carbocycles. The number of esters is 1. The molecule has 0 unspecified atom stereocenters. The maximum absolute atomic E-state index is 12.7. The number of tetrazole rings is 1. The van der Waals surface area contributed by atoms with Gasteiger partial charge in [0.2, 0.25) is 10.9 Å². The van der Waals surface area contributed by atoms with Crippen molar-refractivity contribution in [2.24, 2.45) is 7.05 Å². The molecule has 0 aliphatic heterocycles. The van der Waals surface area contributed by atoms with Gasteiger partial charge in [-0.3, -0.25) is 14.9 Å². The number of non-ortho nitro benzene ring substituents is 1. The molecule has 0 saturated heterocycles. The summed E-state index contributed by atoms with van der Waals surface area (Å²) in [5.41, 5.74) is 1.81. The van der Waals surface area contributed by atoms with Crippen LogP contribution in [0, 0.1) is 24.0 Å². The van der Waals surface area contributed by atoms with Crippen LogP contribution in [0.1, 0.15) is 31.8 Å². The van der Waals surface area contributed by atoms with E-state index in [1.165, 1.54) is 16.8 Å². The number of benzene rings is 2. The average molecular weight is 427 g/mol. The molecular formula is C19H17N5O5S. The van der Waals surface area contributed by atoms with Gasteiger partial charge >= 0.3 is 5.97 Å². The largest absolute Gasteiger partial charge is 0.454 e. The van der Waals surface area contributed by atoms with Crippen LogP contribution in [0.25, 0.3) is 0 Å². The third-order valence-corrected chi connectivity index (χ3v) is 5.31. The minimum absolute atomic E-state index is 0.0500. The average Bonchev–Trinajstić information content (AvgIpc) is 3.12. The standard InChI is InChI=1S/C19H17N5O5S/c1-11-4-5-12(2)14(8-11)16(25)10-29-18(26)15-9-13(24(27)28)6-7-17(15)30-19-20-21-22-23(19)3/h4-9H,10H2,1-3H3. The Morgan fingerprint density at radius 2 is 1.93 bits per heavy atom. The van der Waals surface area contributed by atoms with E-state index >= 15 is 0 Å². The number of nitrogens with zero attached hydrogens (tertiary/aromatic N) is 5. The van der Waals surface area contributed by atoms with Crippen molar-refractivity contribution in [3.05, 3.63) is 68.8 Å². The lowest BCUT2D eigenvalue weighted by Gasteiger charge is -2.10. The van der Waals surface area contributed by atoms with Gasteiger partial charge in [-0.05, 0) is 53.7 Å². The van der Waals surface area contributed by atoms with Gasteiger partial charge in [0, 0.05) is 29.6 Å². The summed E-state index contributed by atoms with van der Waals surface area (Å²) in [6, 6.07) is 9.21. The molecule has 0 spiro atoms. The Labute approximate surface area is 175 Å². The zero-order valence-corrected chi connectivity index (χ0v) is 17.2. The number of hydrogen-bond donors (Lipinski definition) is 0. The summed E-state index contributed by atoms with van der Waals surface area (Å²) in [6.45, 7) is 3.16. The number of aryl methyl sites for hydroxylation is 3. The summed E-state index contributed by atoms with van der Waals surface area (Å²) in [5.74, 6) is -1.21. The van der Waals surface area contributed by atoms with E-state index in [0.717, 1.165) is 29.0 Å². The number of aromatic nitrogens is 4. The lowest BCUT2D eigenvalue weighted by molar-refractivity contribution is -0.384. The second-order valence-electron chi connectivity index (χ2n) is 6.44. The lowest BCUT2D eigenvalue weighted by Crippen LogP contribution is -2.16. The third kappa shape index (κ3) is 4.69. The molecule has 10 nitrogen and oxygen atoms in total. The Morgan fingerprint density at radius 3 is 2.60 bits per heavy atom. The maximum Gasteiger partial charge on any atom is 0.339 e. The molecule has 0 saturated carbocycles. The first-order chi connectivity index (χ1) is 14.3. The van der Waals surface area contributed by atoms with E-state index in [1.54, 1.807) is 20.0 Å². The Bertz CT molecular complexity index is 1140. The molecule has 1 aromatic heterocycles. The first kappa shape index (κ1) is 21.1. The maximum atomic E-state index is 12.7.